The zero-order chi connectivity index (χ0) is 24.6. The second kappa shape index (κ2) is 12.1. The van der Waals surface area contributed by atoms with Crippen molar-refractivity contribution in [3.63, 3.8) is 0 Å². The fourth-order valence-corrected chi connectivity index (χ4v) is 5.57. The van der Waals surface area contributed by atoms with Gasteiger partial charge in [-0.2, -0.15) is 0 Å². The summed E-state index contributed by atoms with van der Waals surface area (Å²) in [5.74, 6) is -0.191. The largest absolute Gasteiger partial charge is 0.378 e. The molecule has 0 aliphatic carbocycles. The summed E-state index contributed by atoms with van der Waals surface area (Å²) >= 11 is 2.88. The van der Waals surface area contributed by atoms with E-state index in [1.54, 1.807) is 35.2 Å². The molecule has 1 aliphatic heterocycles. The van der Waals surface area contributed by atoms with Gasteiger partial charge in [-0.25, -0.2) is 4.98 Å². The fourth-order valence-electron chi connectivity index (χ4n) is 3.63. The normalized spacial score (nSPS) is 13.6. The van der Waals surface area contributed by atoms with Crippen molar-refractivity contribution in [2.75, 3.05) is 43.9 Å². The third-order valence-electron chi connectivity index (χ3n) is 5.51. The maximum absolute atomic E-state index is 13.1. The second-order valence-corrected chi connectivity index (χ2v) is 10.3. The number of unbranched alkanes of at least 4 members (excludes halogenated alkanes) is 1. The lowest BCUT2D eigenvalue weighted by molar-refractivity contribution is -0.118. The highest BCUT2D eigenvalue weighted by atomic mass is 32.2. The zero-order valence-electron chi connectivity index (χ0n) is 19.5. The van der Waals surface area contributed by atoms with Crippen LogP contribution in [0.25, 0.3) is 10.2 Å². The molecule has 3 aromatic rings. The Morgan fingerprint density at radius 2 is 1.89 bits per heavy atom. The molecule has 0 spiro atoms. The number of aromatic nitrogens is 1. The van der Waals surface area contributed by atoms with Crippen LogP contribution in [0, 0.1) is 0 Å². The van der Waals surface area contributed by atoms with Gasteiger partial charge in [0, 0.05) is 25.3 Å². The number of nitrogens with one attached hydrogen (secondary N) is 2. The summed E-state index contributed by atoms with van der Waals surface area (Å²) in [4.78, 5) is 44.3. The molecule has 35 heavy (non-hydrogen) atoms. The average Bonchev–Trinajstić information content (AvgIpc) is 3.30. The molecule has 0 bridgehead atoms. The van der Waals surface area contributed by atoms with Crippen molar-refractivity contribution in [3.05, 3.63) is 53.6 Å². The number of thioether (sulfide) groups is 1. The number of fused-ring (bicyclic) bond motifs is 1. The van der Waals surface area contributed by atoms with E-state index in [-0.39, 0.29) is 17.7 Å². The van der Waals surface area contributed by atoms with Crippen LogP contribution < -0.4 is 10.6 Å². The van der Waals surface area contributed by atoms with E-state index in [9.17, 15) is 14.4 Å². The van der Waals surface area contributed by atoms with Crippen molar-refractivity contribution in [1.82, 2.24) is 15.2 Å². The molecule has 0 unspecified atom stereocenters. The number of hydrogen-bond donors (Lipinski definition) is 2. The Morgan fingerprint density at radius 3 is 2.66 bits per heavy atom. The van der Waals surface area contributed by atoms with Gasteiger partial charge < -0.3 is 20.3 Å². The number of carbonyl (C=O) groups is 3. The van der Waals surface area contributed by atoms with Crippen molar-refractivity contribution in [2.24, 2.45) is 0 Å². The van der Waals surface area contributed by atoms with Gasteiger partial charge in [0.25, 0.3) is 11.8 Å². The predicted octanol–water partition coefficient (Wildman–Crippen LogP) is 4.03. The standard InChI is InChI=1S/C25H28N4O4S2/c1-2-3-10-26-22(30)16-34-25-28-20-9-8-17(15-21(20)35-25)27-23(31)18-6-4-5-7-19(18)24(32)29-11-13-33-14-12-29/h4-9,15H,2-3,10-14,16H2,1H3,(H,26,30)(H,27,31). The number of anilines is 1. The molecular weight excluding hydrogens is 484 g/mol. The lowest BCUT2D eigenvalue weighted by Gasteiger charge is -2.27. The van der Waals surface area contributed by atoms with Crippen molar-refractivity contribution < 1.29 is 19.1 Å². The maximum atomic E-state index is 13.1. The van der Waals surface area contributed by atoms with Crippen LogP contribution in [-0.2, 0) is 9.53 Å². The first kappa shape index (κ1) is 25.2. The van der Waals surface area contributed by atoms with E-state index in [2.05, 4.69) is 22.5 Å². The lowest BCUT2D eigenvalue weighted by Crippen LogP contribution is -2.41. The number of ether oxygens (including phenoxy) is 1. The molecule has 8 nitrogen and oxygen atoms in total. The van der Waals surface area contributed by atoms with Gasteiger partial charge in [0.2, 0.25) is 5.91 Å². The summed E-state index contributed by atoms with van der Waals surface area (Å²) in [7, 11) is 0. The molecule has 1 aromatic heterocycles. The zero-order valence-corrected chi connectivity index (χ0v) is 21.2. The highest BCUT2D eigenvalue weighted by molar-refractivity contribution is 8.01. The predicted molar refractivity (Wildman–Crippen MR) is 139 cm³/mol. The van der Waals surface area contributed by atoms with Crippen molar-refractivity contribution in [2.45, 2.75) is 24.1 Å². The van der Waals surface area contributed by atoms with Crippen LogP contribution in [0.15, 0.2) is 46.8 Å². The highest BCUT2D eigenvalue weighted by Gasteiger charge is 2.23. The molecular formula is C25H28N4O4S2. The quantitative estimate of drug-likeness (QED) is 0.332. The number of rotatable bonds is 9. The fraction of sp³-hybridized carbons (Fsp3) is 0.360. The van der Waals surface area contributed by atoms with E-state index in [0.29, 0.717) is 55.4 Å². The van der Waals surface area contributed by atoms with E-state index in [1.165, 1.54) is 23.1 Å². The number of benzene rings is 2. The molecule has 2 N–H and O–H groups in total. The first-order chi connectivity index (χ1) is 17.0. The van der Waals surface area contributed by atoms with Crippen LogP contribution in [0.2, 0.25) is 0 Å². The topological polar surface area (TPSA) is 101 Å². The van der Waals surface area contributed by atoms with Gasteiger partial charge in [-0.15, -0.1) is 11.3 Å². The van der Waals surface area contributed by atoms with Gasteiger partial charge in [-0.3, -0.25) is 14.4 Å². The SMILES string of the molecule is CCCCNC(=O)CSc1nc2ccc(NC(=O)c3ccccc3C(=O)N3CCOCC3)cc2s1. The molecule has 0 atom stereocenters. The Kier molecular flexibility index (Phi) is 8.73. The van der Waals surface area contributed by atoms with E-state index >= 15 is 0 Å². The summed E-state index contributed by atoms with van der Waals surface area (Å²) < 4.78 is 7.04. The molecule has 1 fully saturated rings. The van der Waals surface area contributed by atoms with E-state index in [4.69, 9.17) is 4.74 Å². The number of carbonyl (C=O) groups excluding carboxylic acids is 3. The summed E-state index contributed by atoms with van der Waals surface area (Å²) in [6, 6.07) is 12.4. The Labute approximate surface area is 212 Å². The van der Waals surface area contributed by atoms with Crippen LogP contribution in [0.5, 0.6) is 0 Å². The third kappa shape index (κ3) is 6.59. The minimum absolute atomic E-state index is 0.000880. The molecule has 184 valence electrons. The Balaban J connectivity index is 1.42. The third-order valence-corrected chi connectivity index (χ3v) is 7.67. The molecule has 0 radical (unpaired) electrons. The first-order valence-corrected chi connectivity index (χ1v) is 13.4. The number of hydrogen-bond acceptors (Lipinski definition) is 7. The highest BCUT2D eigenvalue weighted by Crippen LogP contribution is 2.31. The van der Waals surface area contributed by atoms with Crippen LogP contribution in [0.3, 0.4) is 0 Å². The summed E-state index contributed by atoms with van der Waals surface area (Å²) in [6.45, 7) is 4.80. The Morgan fingerprint density at radius 1 is 1.11 bits per heavy atom. The van der Waals surface area contributed by atoms with Crippen LogP contribution in [0.4, 0.5) is 5.69 Å². The minimum atomic E-state index is -0.343. The summed E-state index contributed by atoms with van der Waals surface area (Å²) in [5.41, 5.74) is 2.14. The number of nitrogens with zero attached hydrogens (tertiary/aromatic N) is 2. The van der Waals surface area contributed by atoms with Gasteiger partial charge in [-0.05, 0) is 36.8 Å². The summed E-state index contributed by atoms with van der Waals surface area (Å²) in [6.07, 6.45) is 2.01. The van der Waals surface area contributed by atoms with Gasteiger partial charge in [0.05, 0.1) is 40.3 Å². The molecule has 1 saturated heterocycles. The maximum Gasteiger partial charge on any atom is 0.256 e. The van der Waals surface area contributed by atoms with E-state index in [0.717, 1.165) is 27.4 Å². The lowest BCUT2D eigenvalue weighted by atomic mass is 10.0. The molecule has 2 aromatic carbocycles. The monoisotopic (exact) mass is 512 g/mol. The molecule has 10 heteroatoms. The average molecular weight is 513 g/mol. The van der Waals surface area contributed by atoms with Crippen molar-refractivity contribution in [1.29, 1.82) is 0 Å². The van der Waals surface area contributed by atoms with Gasteiger partial charge >= 0.3 is 0 Å². The van der Waals surface area contributed by atoms with E-state index < -0.39 is 0 Å². The Hall–Kier alpha value is -2.95. The molecule has 0 saturated carbocycles. The Bertz CT molecular complexity index is 1210. The van der Waals surface area contributed by atoms with Gasteiger partial charge in [0.1, 0.15) is 0 Å². The molecule has 1 aliphatic rings. The van der Waals surface area contributed by atoms with Crippen molar-refractivity contribution in [3.8, 4) is 0 Å². The second-order valence-electron chi connectivity index (χ2n) is 8.06. The van der Waals surface area contributed by atoms with Crippen LogP contribution in [0.1, 0.15) is 40.5 Å². The molecule has 3 amide bonds. The van der Waals surface area contributed by atoms with Crippen molar-refractivity contribution >= 4 is 56.7 Å². The van der Waals surface area contributed by atoms with Gasteiger partial charge in [0.15, 0.2) is 4.34 Å². The number of thiazole rings is 1. The number of amides is 3. The van der Waals surface area contributed by atoms with E-state index in [1.807, 2.05) is 12.1 Å². The summed E-state index contributed by atoms with van der Waals surface area (Å²) in [5, 5.41) is 5.81. The minimum Gasteiger partial charge on any atom is -0.378 e. The first-order valence-electron chi connectivity index (χ1n) is 11.6. The smallest absolute Gasteiger partial charge is 0.256 e. The van der Waals surface area contributed by atoms with Crippen LogP contribution >= 0.6 is 23.1 Å². The van der Waals surface area contributed by atoms with Crippen LogP contribution in [-0.4, -0.2) is 66.2 Å². The molecule has 4 rings (SSSR count). The molecule has 2 heterocycles. The van der Waals surface area contributed by atoms with Gasteiger partial charge in [-0.1, -0.05) is 37.2 Å². The number of morpholine rings is 1.